The highest BCUT2D eigenvalue weighted by molar-refractivity contribution is 5.83. The third-order valence-corrected chi connectivity index (χ3v) is 3.55. The van der Waals surface area contributed by atoms with E-state index in [4.69, 9.17) is 10.3 Å². The van der Waals surface area contributed by atoms with E-state index in [2.05, 4.69) is 5.16 Å². The smallest absolute Gasteiger partial charge is 0.260 e. The molecule has 0 aliphatic rings. The lowest BCUT2D eigenvalue weighted by molar-refractivity contribution is 0.392. The molecule has 0 aliphatic carbocycles. The van der Waals surface area contributed by atoms with Crippen molar-refractivity contribution in [1.82, 2.24) is 9.72 Å². The standard InChI is InChI=1S/C15H15N3O2/c1-9-13(10(2)20-17-9)8-18-14(16)7-11-5-3-4-6-12(11)15(18)19/h3-7H,8,16H2,1-2H3. The van der Waals surface area contributed by atoms with E-state index in [-0.39, 0.29) is 5.56 Å². The average Bonchev–Trinajstić information content (AvgIpc) is 2.74. The van der Waals surface area contributed by atoms with Crippen molar-refractivity contribution in [2.75, 3.05) is 5.73 Å². The SMILES string of the molecule is Cc1noc(C)c1Cn1c(N)cc2ccccc2c1=O. The predicted molar refractivity (Wildman–Crippen MR) is 77.7 cm³/mol. The lowest BCUT2D eigenvalue weighted by Crippen LogP contribution is -2.24. The highest BCUT2D eigenvalue weighted by Crippen LogP contribution is 2.17. The van der Waals surface area contributed by atoms with Gasteiger partial charge in [0.25, 0.3) is 5.56 Å². The molecule has 2 N–H and O–H groups in total. The van der Waals surface area contributed by atoms with Gasteiger partial charge in [0.2, 0.25) is 0 Å². The van der Waals surface area contributed by atoms with E-state index in [0.717, 1.165) is 16.6 Å². The van der Waals surface area contributed by atoms with Crippen LogP contribution in [0, 0.1) is 13.8 Å². The molecular formula is C15H15N3O2. The van der Waals surface area contributed by atoms with Crippen molar-refractivity contribution in [3.8, 4) is 0 Å². The van der Waals surface area contributed by atoms with Crippen LogP contribution in [0.1, 0.15) is 17.0 Å². The summed E-state index contributed by atoms with van der Waals surface area (Å²) < 4.78 is 6.68. The number of hydrogen-bond donors (Lipinski definition) is 1. The number of benzene rings is 1. The van der Waals surface area contributed by atoms with Gasteiger partial charge in [-0.25, -0.2) is 0 Å². The molecule has 20 heavy (non-hydrogen) atoms. The maximum Gasteiger partial charge on any atom is 0.260 e. The normalized spacial score (nSPS) is 11.1. The van der Waals surface area contributed by atoms with Crippen LogP contribution < -0.4 is 11.3 Å². The van der Waals surface area contributed by atoms with E-state index in [1.165, 1.54) is 0 Å². The summed E-state index contributed by atoms with van der Waals surface area (Å²) in [6.45, 7) is 4.06. The van der Waals surface area contributed by atoms with Gasteiger partial charge in [0.15, 0.2) is 0 Å². The Hall–Kier alpha value is -2.56. The van der Waals surface area contributed by atoms with E-state index in [1.54, 1.807) is 10.6 Å². The van der Waals surface area contributed by atoms with Crippen LogP contribution in [0.15, 0.2) is 39.6 Å². The molecule has 2 aromatic heterocycles. The first-order valence-corrected chi connectivity index (χ1v) is 6.37. The van der Waals surface area contributed by atoms with Crippen molar-refractivity contribution in [1.29, 1.82) is 0 Å². The summed E-state index contributed by atoms with van der Waals surface area (Å²) in [5.74, 6) is 1.15. The molecule has 1 aromatic carbocycles. The van der Waals surface area contributed by atoms with E-state index in [1.807, 2.05) is 38.1 Å². The van der Waals surface area contributed by atoms with Crippen LogP contribution in [0.5, 0.6) is 0 Å². The van der Waals surface area contributed by atoms with Crippen molar-refractivity contribution in [3.05, 3.63) is 57.7 Å². The number of nitrogen functional groups attached to an aromatic ring is 1. The molecule has 0 aliphatic heterocycles. The van der Waals surface area contributed by atoms with Crippen LogP contribution in [0.4, 0.5) is 5.82 Å². The summed E-state index contributed by atoms with van der Waals surface area (Å²) in [4.78, 5) is 12.5. The molecule has 5 heteroatoms. The van der Waals surface area contributed by atoms with Crippen molar-refractivity contribution < 1.29 is 4.52 Å². The molecule has 0 amide bonds. The summed E-state index contributed by atoms with van der Waals surface area (Å²) in [6, 6.07) is 9.24. The maximum atomic E-state index is 12.5. The number of hydrogen-bond acceptors (Lipinski definition) is 4. The van der Waals surface area contributed by atoms with Crippen molar-refractivity contribution in [2.24, 2.45) is 0 Å². The Morgan fingerprint density at radius 3 is 2.75 bits per heavy atom. The molecule has 2 heterocycles. The van der Waals surface area contributed by atoms with E-state index >= 15 is 0 Å². The lowest BCUT2D eigenvalue weighted by Gasteiger charge is -2.11. The minimum atomic E-state index is -0.0967. The Labute approximate surface area is 115 Å². The Balaban J connectivity index is 2.19. The quantitative estimate of drug-likeness (QED) is 0.774. The number of nitrogens with zero attached hydrogens (tertiary/aromatic N) is 2. The average molecular weight is 269 g/mol. The van der Waals surface area contributed by atoms with E-state index in [9.17, 15) is 4.79 Å². The predicted octanol–water partition coefficient (Wildman–Crippen LogP) is 2.24. The molecule has 0 bridgehead atoms. The molecule has 102 valence electrons. The second kappa shape index (κ2) is 4.52. The van der Waals surface area contributed by atoms with Crippen LogP contribution in [0.25, 0.3) is 10.8 Å². The fraction of sp³-hybridized carbons (Fsp3) is 0.200. The van der Waals surface area contributed by atoms with Crippen molar-refractivity contribution in [3.63, 3.8) is 0 Å². The minimum Gasteiger partial charge on any atom is -0.385 e. The molecule has 0 spiro atoms. The Morgan fingerprint density at radius 1 is 1.30 bits per heavy atom. The molecule has 3 rings (SSSR count). The first-order valence-electron chi connectivity index (χ1n) is 6.37. The fourth-order valence-electron chi connectivity index (χ4n) is 2.37. The van der Waals surface area contributed by atoms with Gasteiger partial charge in [-0.2, -0.15) is 0 Å². The zero-order valence-corrected chi connectivity index (χ0v) is 11.4. The topological polar surface area (TPSA) is 74.1 Å². The number of aryl methyl sites for hydroxylation is 2. The molecule has 0 saturated heterocycles. The number of rotatable bonds is 2. The second-order valence-corrected chi connectivity index (χ2v) is 4.85. The Kier molecular flexibility index (Phi) is 2.82. The molecule has 0 fully saturated rings. The van der Waals surface area contributed by atoms with Crippen LogP contribution in [0.3, 0.4) is 0 Å². The second-order valence-electron chi connectivity index (χ2n) is 4.85. The van der Waals surface area contributed by atoms with Gasteiger partial charge in [0, 0.05) is 10.9 Å². The first kappa shape index (κ1) is 12.5. The molecule has 5 nitrogen and oxygen atoms in total. The minimum absolute atomic E-state index is 0.0967. The molecule has 0 radical (unpaired) electrons. The van der Waals surface area contributed by atoms with Gasteiger partial charge in [-0.3, -0.25) is 9.36 Å². The third-order valence-electron chi connectivity index (χ3n) is 3.55. The maximum absolute atomic E-state index is 12.5. The molecule has 3 aromatic rings. The molecule has 0 saturated carbocycles. The third kappa shape index (κ3) is 1.87. The van der Waals surface area contributed by atoms with Crippen LogP contribution >= 0.6 is 0 Å². The number of anilines is 1. The van der Waals surface area contributed by atoms with Gasteiger partial charge < -0.3 is 10.3 Å². The molecular weight excluding hydrogens is 254 g/mol. The van der Waals surface area contributed by atoms with Crippen molar-refractivity contribution >= 4 is 16.6 Å². The summed E-state index contributed by atoms with van der Waals surface area (Å²) in [5, 5.41) is 5.42. The van der Waals surface area contributed by atoms with Gasteiger partial charge in [-0.1, -0.05) is 23.4 Å². The van der Waals surface area contributed by atoms with Crippen LogP contribution in [0.2, 0.25) is 0 Å². The fourth-order valence-corrected chi connectivity index (χ4v) is 2.37. The summed E-state index contributed by atoms with van der Waals surface area (Å²) in [7, 11) is 0. The van der Waals surface area contributed by atoms with Gasteiger partial charge in [0.1, 0.15) is 11.6 Å². The van der Waals surface area contributed by atoms with E-state index < -0.39 is 0 Å². The van der Waals surface area contributed by atoms with Gasteiger partial charge in [-0.15, -0.1) is 0 Å². The highest BCUT2D eigenvalue weighted by Gasteiger charge is 2.13. The van der Waals surface area contributed by atoms with Gasteiger partial charge in [-0.05, 0) is 31.4 Å². The van der Waals surface area contributed by atoms with E-state index in [0.29, 0.717) is 23.5 Å². The molecule has 0 atom stereocenters. The van der Waals surface area contributed by atoms with Crippen LogP contribution in [-0.4, -0.2) is 9.72 Å². The monoisotopic (exact) mass is 269 g/mol. The zero-order valence-electron chi connectivity index (χ0n) is 11.4. The number of aromatic nitrogens is 2. The lowest BCUT2D eigenvalue weighted by atomic mass is 10.1. The zero-order chi connectivity index (χ0) is 14.3. The largest absolute Gasteiger partial charge is 0.385 e. The van der Waals surface area contributed by atoms with Crippen LogP contribution in [-0.2, 0) is 6.54 Å². The Bertz CT molecular complexity index is 826. The van der Waals surface area contributed by atoms with Gasteiger partial charge in [0.05, 0.1) is 12.2 Å². The molecule has 0 unspecified atom stereocenters. The van der Waals surface area contributed by atoms with Crippen molar-refractivity contribution in [2.45, 2.75) is 20.4 Å². The summed E-state index contributed by atoms with van der Waals surface area (Å²) in [6.07, 6.45) is 0. The summed E-state index contributed by atoms with van der Waals surface area (Å²) in [5.41, 5.74) is 7.60. The van der Waals surface area contributed by atoms with Gasteiger partial charge >= 0.3 is 0 Å². The number of fused-ring (bicyclic) bond motifs is 1. The highest BCUT2D eigenvalue weighted by atomic mass is 16.5. The Morgan fingerprint density at radius 2 is 2.05 bits per heavy atom. The number of pyridine rings is 1. The first-order chi connectivity index (χ1) is 9.58. The summed E-state index contributed by atoms with van der Waals surface area (Å²) >= 11 is 0. The number of nitrogens with two attached hydrogens (primary N) is 1.